The van der Waals surface area contributed by atoms with Crippen LogP contribution in [0.25, 0.3) is 0 Å². The van der Waals surface area contributed by atoms with Gasteiger partial charge < -0.3 is 10.1 Å². The van der Waals surface area contributed by atoms with E-state index in [1.807, 2.05) is 13.8 Å². The van der Waals surface area contributed by atoms with Crippen LogP contribution in [0.5, 0.6) is 0 Å². The summed E-state index contributed by atoms with van der Waals surface area (Å²) >= 11 is 5.87. The molecule has 0 spiro atoms. The van der Waals surface area contributed by atoms with E-state index >= 15 is 0 Å². The van der Waals surface area contributed by atoms with Crippen molar-refractivity contribution in [2.75, 3.05) is 11.9 Å². The molecule has 0 radical (unpaired) electrons. The Morgan fingerprint density at radius 1 is 1.47 bits per heavy atom. The van der Waals surface area contributed by atoms with Crippen molar-refractivity contribution in [2.24, 2.45) is 5.92 Å². The lowest BCUT2D eigenvalue weighted by Gasteiger charge is -2.21. The number of carbonyl (C=O) groups excluding carboxylic acids is 1. The molecule has 0 aliphatic heterocycles. The fourth-order valence-corrected chi connectivity index (χ4v) is 1.45. The minimum Gasteiger partial charge on any atom is -0.464 e. The smallest absolute Gasteiger partial charge is 0.328 e. The maximum absolute atomic E-state index is 11.7. The molecule has 0 bridgehead atoms. The van der Waals surface area contributed by atoms with Gasteiger partial charge in [-0.05, 0) is 12.8 Å². The van der Waals surface area contributed by atoms with Crippen molar-refractivity contribution in [3.05, 3.63) is 17.5 Å². The van der Waals surface area contributed by atoms with E-state index in [0.717, 1.165) is 0 Å². The summed E-state index contributed by atoms with van der Waals surface area (Å²) in [7, 11) is 0. The minimum atomic E-state index is -0.482. The molecule has 6 heteroatoms. The summed E-state index contributed by atoms with van der Waals surface area (Å²) in [6, 6.07) is -0.482. The van der Waals surface area contributed by atoms with Crippen LogP contribution < -0.4 is 5.32 Å². The zero-order valence-corrected chi connectivity index (χ0v) is 10.9. The van der Waals surface area contributed by atoms with E-state index in [9.17, 15) is 4.79 Å². The molecule has 1 heterocycles. The van der Waals surface area contributed by atoms with Crippen LogP contribution in [0.3, 0.4) is 0 Å². The lowest BCUT2D eigenvalue weighted by atomic mass is 10.0. The molecule has 0 saturated carbocycles. The number of rotatable bonds is 5. The highest BCUT2D eigenvalue weighted by Gasteiger charge is 2.24. The SMILES string of the molecule is CCOC(=O)C(Nc1nccnc1Cl)C(C)C. The Labute approximate surface area is 106 Å². The van der Waals surface area contributed by atoms with Gasteiger partial charge in [0.15, 0.2) is 11.0 Å². The van der Waals surface area contributed by atoms with Gasteiger partial charge in [-0.1, -0.05) is 25.4 Å². The molecule has 0 saturated heterocycles. The maximum Gasteiger partial charge on any atom is 0.328 e. The van der Waals surface area contributed by atoms with Crippen LogP contribution in [0.4, 0.5) is 5.82 Å². The monoisotopic (exact) mass is 257 g/mol. The Kier molecular flexibility index (Phi) is 5.15. The van der Waals surface area contributed by atoms with Gasteiger partial charge in [-0.2, -0.15) is 0 Å². The molecule has 1 N–H and O–H groups in total. The highest BCUT2D eigenvalue weighted by molar-refractivity contribution is 6.31. The van der Waals surface area contributed by atoms with Crippen molar-refractivity contribution in [3.8, 4) is 0 Å². The van der Waals surface area contributed by atoms with Gasteiger partial charge in [-0.3, -0.25) is 0 Å². The van der Waals surface area contributed by atoms with Crippen LogP contribution in [-0.2, 0) is 9.53 Å². The number of halogens is 1. The third kappa shape index (κ3) is 3.85. The molecule has 94 valence electrons. The lowest BCUT2D eigenvalue weighted by molar-refractivity contribution is -0.145. The highest BCUT2D eigenvalue weighted by Crippen LogP contribution is 2.18. The Balaban J connectivity index is 2.81. The second-order valence-corrected chi connectivity index (χ2v) is 4.17. The Hall–Kier alpha value is -1.36. The van der Waals surface area contributed by atoms with Gasteiger partial charge in [0, 0.05) is 12.4 Å². The van der Waals surface area contributed by atoms with Crippen molar-refractivity contribution in [1.29, 1.82) is 0 Å². The van der Waals surface area contributed by atoms with Crippen LogP contribution in [0.1, 0.15) is 20.8 Å². The lowest BCUT2D eigenvalue weighted by Crippen LogP contribution is -2.36. The molecule has 1 atom stereocenters. The van der Waals surface area contributed by atoms with Gasteiger partial charge in [0.25, 0.3) is 0 Å². The summed E-state index contributed by atoms with van der Waals surface area (Å²) in [6.07, 6.45) is 3.00. The molecule has 0 aliphatic rings. The van der Waals surface area contributed by atoms with Crippen LogP contribution >= 0.6 is 11.6 Å². The molecule has 1 aromatic heterocycles. The zero-order chi connectivity index (χ0) is 12.8. The quantitative estimate of drug-likeness (QED) is 0.819. The van der Waals surface area contributed by atoms with Crippen LogP contribution in [0.2, 0.25) is 5.15 Å². The third-order valence-corrected chi connectivity index (χ3v) is 2.43. The van der Waals surface area contributed by atoms with Crippen LogP contribution in [0, 0.1) is 5.92 Å². The molecule has 0 aromatic carbocycles. The number of carbonyl (C=O) groups is 1. The van der Waals surface area contributed by atoms with Crippen molar-refractivity contribution in [2.45, 2.75) is 26.8 Å². The van der Waals surface area contributed by atoms with E-state index < -0.39 is 6.04 Å². The summed E-state index contributed by atoms with van der Waals surface area (Å²) in [4.78, 5) is 19.6. The normalized spacial score (nSPS) is 12.3. The minimum absolute atomic E-state index is 0.0622. The Bertz CT molecular complexity index is 385. The molecule has 0 aliphatic carbocycles. The highest BCUT2D eigenvalue weighted by atomic mass is 35.5. The molecule has 1 rings (SSSR count). The van der Waals surface area contributed by atoms with Crippen LogP contribution in [0.15, 0.2) is 12.4 Å². The molecule has 1 aromatic rings. The number of nitrogens with one attached hydrogen (secondary N) is 1. The molecule has 17 heavy (non-hydrogen) atoms. The number of aromatic nitrogens is 2. The maximum atomic E-state index is 11.7. The summed E-state index contributed by atoms with van der Waals surface area (Å²) in [5, 5.41) is 3.19. The molecular formula is C11H16ClN3O2. The summed E-state index contributed by atoms with van der Waals surface area (Å²) in [5.74, 6) is 0.136. The predicted octanol–water partition coefficient (Wildman–Crippen LogP) is 2.13. The van der Waals surface area contributed by atoms with E-state index in [0.29, 0.717) is 12.4 Å². The predicted molar refractivity (Wildman–Crippen MR) is 65.9 cm³/mol. The van der Waals surface area contributed by atoms with Gasteiger partial charge in [-0.15, -0.1) is 0 Å². The van der Waals surface area contributed by atoms with E-state index in [1.165, 1.54) is 12.4 Å². The fourth-order valence-electron chi connectivity index (χ4n) is 1.29. The van der Waals surface area contributed by atoms with Crippen molar-refractivity contribution >= 4 is 23.4 Å². The third-order valence-electron chi connectivity index (χ3n) is 2.15. The largest absolute Gasteiger partial charge is 0.464 e. The second-order valence-electron chi connectivity index (χ2n) is 3.81. The van der Waals surface area contributed by atoms with Gasteiger partial charge in [0.1, 0.15) is 6.04 Å². The number of nitrogens with zero attached hydrogens (tertiary/aromatic N) is 2. The average Bonchev–Trinajstić information content (AvgIpc) is 2.27. The first kappa shape index (κ1) is 13.7. The number of ether oxygens (including phenoxy) is 1. The summed E-state index contributed by atoms with van der Waals surface area (Å²) in [6.45, 7) is 5.94. The number of anilines is 1. The first-order chi connectivity index (χ1) is 8.06. The number of esters is 1. The van der Waals surface area contributed by atoms with Crippen molar-refractivity contribution < 1.29 is 9.53 Å². The van der Waals surface area contributed by atoms with E-state index in [-0.39, 0.29) is 17.0 Å². The summed E-state index contributed by atoms with van der Waals surface area (Å²) < 4.78 is 4.98. The van der Waals surface area contributed by atoms with E-state index in [2.05, 4.69) is 15.3 Å². The molecule has 1 unspecified atom stereocenters. The summed E-state index contributed by atoms with van der Waals surface area (Å²) in [5.41, 5.74) is 0. The number of hydrogen-bond acceptors (Lipinski definition) is 5. The van der Waals surface area contributed by atoms with Gasteiger partial charge in [0.05, 0.1) is 6.61 Å². The topological polar surface area (TPSA) is 64.1 Å². The Morgan fingerprint density at radius 2 is 2.12 bits per heavy atom. The first-order valence-electron chi connectivity index (χ1n) is 5.46. The van der Waals surface area contributed by atoms with E-state index in [4.69, 9.17) is 16.3 Å². The average molecular weight is 258 g/mol. The molecular weight excluding hydrogens is 242 g/mol. The molecule has 5 nitrogen and oxygen atoms in total. The molecule has 0 amide bonds. The number of hydrogen-bond donors (Lipinski definition) is 1. The van der Waals surface area contributed by atoms with Gasteiger partial charge in [0.2, 0.25) is 0 Å². The zero-order valence-electron chi connectivity index (χ0n) is 10.1. The van der Waals surface area contributed by atoms with E-state index in [1.54, 1.807) is 6.92 Å². The second kappa shape index (κ2) is 6.39. The fraction of sp³-hybridized carbons (Fsp3) is 0.545. The Morgan fingerprint density at radius 3 is 2.65 bits per heavy atom. The van der Waals surface area contributed by atoms with Crippen LogP contribution in [-0.4, -0.2) is 28.6 Å². The standard InChI is InChI=1S/C11H16ClN3O2/c1-4-17-11(16)8(7(2)3)15-10-9(12)13-5-6-14-10/h5-8H,4H2,1-3H3,(H,14,15). The van der Waals surface area contributed by atoms with Crippen molar-refractivity contribution in [1.82, 2.24) is 9.97 Å². The van der Waals surface area contributed by atoms with Gasteiger partial charge >= 0.3 is 5.97 Å². The first-order valence-corrected chi connectivity index (χ1v) is 5.83. The van der Waals surface area contributed by atoms with Crippen molar-refractivity contribution in [3.63, 3.8) is 0 Å². The van der Waals surface area contributed by atoms with Gasteiger partial charge in [-0.25, -0.2) is 14.8 Å². The molecule has 0 fully saturated rings.